The van der Waals surface area contributed by atoms with Gasteiger partial charge in [0, 0.05) is 35.8 Å². The molecule has 3 aromatic carbocycles. The lowest BCUT2D eigenvalue weighted by Crippen LogP contribution is -2.21. The van der Waals surface area contributed by atoms with Crippen LogP contribution in [0, 0.1) is 6.92 Å². The van der Waals surface area contributed by atoms with Crippen LogP contribution in [-0.4, -0.2) is 61.6 Å². The van der Waals surface area contributed by atoms with Gasteiger partial charge in [-0.3, -0.25) is 24.1 Å². The number of nitrogens with one attached hydrogen (secondary N) is 2. The molecule has 1 aliphatic rings. The molecule has 5 N–H and O–H groups in total. The van der Waals surface area contributed by atoms with Crippen LogP contribution in [0.3, 0.4) is 0 Å². The van der Waals surface area contributed by atoms with Gasteiger partial charge in [-0.2, -0.15) is 5.10 Å². The highest BCUT2D eigenvalue weighted by Gasteiger charge is 2.30. The molecule has 0 spiro atoms. The van der Waals surface area contributed by atoms with Crippen LogP contribution in [0.25, 0.3) is 0 Å². The number of ketones is 1. The molecule has 11 nitrogen and oxygen atoms in total. The van der Waals surface area contributed by atoms with Gasteiger partial charge in [-0.15, -0.1) is 0 Å². The molecule has 0 radical (unpaired) electrons. The van der Waals surface area contributed by atoms with Crippen LogP contribution in [-0.2, 0) is 11.8 Å². The Morgan fingerprint density at radius 2 is 1.81 bits per heavy atom. The first-order valence-electron chi connectivity index (χ1n) is 13.2. The van der Waals surface area contributed by atoms with Crippen molar-refractivity contribution in [2.45, 2.75) is 25.0 Å². The number of anilines is 2. The molecule has 2 heterocycles. The first kappa shape index (κ1) is 28.6. The van der Waals surface area contributed by atoms with Gasteiger partial charge in [0.05, 0.1) is 18.0 Å². The number of aromatic nitrogens is 2. The number of amides is 2. The van der Waals surface area contributed by atoms with Gasteiger partial charge in [0.1, 0.15) is 23.8 Å². The minimum Gasteiger partial charge on any atom is -0.394 e. The summed E-state index contributed by atoms with van der Waals surface area (Å²) in [5.74, 6) is -1.57. The fourth-order valence-corrected chi connectivity index (χ4v) is 4.74. The van der Waals surface area contributed by atoms with Crippen LogP contribution >= 0.6 is 0 Å². The Morgan fingerprint density at radius 1 is 1.07 bits per heavy atom. The molecule has 214 valence electrons. The summed E-state index contributed by atoms with van der Waals surface area (Å²) >= 11 is 0. The number of rotatable bonds is 9. The van der Waals surface area contributed by atoms with Gasteiger partial charge in [0.2, 0.25) is 5.91 Å². The Morgan fingerprint density at radius 3 is 2.50 bits per heavy atom. The van der Waals surface area contributed by atoms with E-state index < -0.39 is 24.7 Å². The molecule has 0 saturated carbocycles. The van der Waals surface area contributed by atoms with Crippen molar-refractivity contribution < 1.29 is 29.7 Å². The Balaban J connectivity index is 1.29. The van der Waals surface area contributed by atoms with E-state index in [1.54, 1.807) is 86.8 Å². The molecule has 0 aliphatic carbocycles. The number of hydrogen-bond acceptors (Lipinski definition) is 8. The van der Waals surface area contributed by atoms with Crippen LogP contribution < -0.4 is 10.6 Å². The second kappa shape index (κ2) is 11.9. The van der Waals surface area contributed by atoms with E-state index in [0.29, 0.717) is 45.0 Å². The number of aliphatic hydroxyl groups is 3. The monoisotopic (exact) mass is 567 g/mol. The van der Waals surface area contributed by atoms with E-state index in [9.17, 15) is 24.6 Å². The zero-order chi connectivity index (χ0) is 30.0. The summed E-state index contributed by atoms with van der Waals surface area (Å²) in [6.45, 7) is 1.23. The summed E-state index contributed by atoms with van der Waals surface area (Å²) in [4.78, 5) is 43.1. The highest BCUT2D eigenvalue weighted by Crippen LogP contribution is 2.33. The lowest BCUT2D eigenvalue weighted by atomic mass is 9.97. The van der Waals surface area contributed by atoms with Gasteiger partial charge in [-0.25, -0.2) is 0 Å². The van der Waals surface area contributed by atoms with Crippen molar-refractivity contribution in [3.05, 3.63) is 106 Å². The summed E-state index contributed by atoms with van der Waals surface area (Å²) < 4.78 is 1.49. The average Bonchev–Trinajstić information content (AvgIpc) is 3.51. The van der Waals surface area contributed by atoms with Crippen molar-refractivity contribution in [2.24, 2.45) is 12.0 Å². The molecule has 2 amide bonds. The average molecular weight is 568 g/mol. The quantitative estimate of drug-likeness (QED) is 0.153. The number of aliphatic hydroxyl groups excluding tert-OH is 3. The van der Waals surface area contributed by atoms with Crippen molar-refractivity contribution in [2.75, 3.05) is 17.2 Å². The Hall–Kier alpha value is -4.97. The number of nitrogens with zero attached hydrogens (tertiary/aromatic N) is 3. The highest BCUT2D eigenvalue weighted by molar-refractivity contribution is 6.15. The standard InChI is InChI=1S/C31H29N5O6/c1-17-12-26(36(2)35-17)31(42)33-22-5-3-4-19(13-22)28(39)20-8-11-23-24(30(41)34-25(23)14-20)15-32-21-9-6-18(7-10-21)29(40)27(38)16-37/h3-15,24,27,29,37-38,40H,16H2,1-2H3,(H,33,42)(H,34,41). The largest absolute Gasteiger partial charge is 0.394 e. The van der Waals surface area contributed by atoms with Gasteiger partial charge in [0.15, 0.2) is 5.78 Å². The van der Waals surface area contributed by atoms with Gasteiger partial charge in [-0.1, -0.05) is 36.4 Å². The maximum absolute atomic E-state index is 13.3. The third-order valence-electron chi connectivity index (χ3n) is 6.97. The minimum absolute atomic E-state index is 0.273. The number of aliphatic imine (C=N–C) groups is 1. The first-order valence-corrected chi connectivity index (χ1v) is 13.2. The molecule has 0 bridgehead atoms. The van der Waals surface area contributed by atoms with Crippen LogP contribution in [0.1, 0.15) is 55.3 Å². The number of fused-ring (bicyclic) bond motifs is 1. The smallest absolute Gasteiger partial charge is 0.273 e. The zero-order valence-corrected chi connectivity index (χ0v) is 22.9. The number of benzene rings is 3. The Kier molecular flexibility index (Phi) is 8.07. The normalized spacial score (nSPS) is 15.7. The van der Waals surface area contributed by atoms with Gasteiger partial charge in [0.25, 0.3) is 5.91 Å². The number of aryl methyl sites for hydroxylation is 2. The number of hydrogen-bond donors (Lipinski definition) is 5. The van der Waals surface area contributed by atoms with E-state index in [-0.39, 0.29) is 17.6 Å². The van der Waals surface area contributed by atoms with Gasteiger partial charge in [-0.05, 0) is 54.4 Å². The van der Waals surface area contributed by atoms with Crippen molar-refractivity contribution >= 4 is 40.9 Å². The maximum atomic E-state index is 13.3. The van der Waals surface area contributed by atoms with Crippen LogP contribution in [0.2, 0.25) is 0 Å². The molecular formula is C31H29N5O6. The second-order valence-corrected chi connectivity index (χ2v) is 9.99. The van der Waals surface area contributed by atoms with Crippen molar-refractivity contribution in [1.29, 1.82) is 0 Å². The van der Waals surface area contributed by atoms with E-state index in [1.807, 2.05) is 0 Å². The highest BCUT2D eigenvalue weighted by atomic mass is 16.4. The van der Waals surface area contributed by atoms with Gasteiger partial charge >= 0.3 is 0 Å². The third kappa shape index (κ3) is 5.88. The van der Waals surface area contributed by atoms with E-state index in [4.69, 9.17) is 5.11 Å². The zero-order valence-electron chi connectivity index (χ0n) is 22.9. The second-order valence-electron chi connectivity index (χ2n) is 9.99. The maximum Gasteiger partial charge on any atom is 0.273 e. The van der Waals surface area contributed by atoms with Crippen LogP contribution in [0.15, 0.2) is 77.8 Å². The van der Waals surface area contributed by atoms with Gasteiger partial charge < -0.3 is 26.0 Å². The molecule has 3 unspecified atom stereocenters. The number of carbonyl (C=O) groups excluding carboxylic acids is 3. The molecule has 11 heteroatoms. The molecule has 1 aromatic heterocycles. The molecular weight excluding hydrogens is 538 g/mol. The van der Waals surface area contributed by atoms with E-state index in [1.165, 1.54) is 10.9 Å². The molecule has 0 saturated heterocycles. The third-order valence-corrected chi connectivity index (χ3v) is 6.97. The van der Waals surface area contributed by atoms with E-state index in [0.717, 1.165) is 5.69 Å². The van der Waals surface area contributed by atoms with Crippen LogP contribution in [0.4, 0.5) is 17.1 Å². The fraction of sp³-hybridized carbons (Fsp3) is 0.194. The minimum atomic E-state index is -1.29. The molecule has 3 atom stereocenters. The lowest BCUT2D eigenvalue weighted by molar-refractivity contribution is -0.115. The predicted molar refractivity (Wildman–Crippen MR) is 156 cm³/mol. The topological polar surface area (TPSA) is 166 Å². The summed E-state index contributed by atoms with van der Waals surface area (Å²) in [6.07, 6.45) is -1.01. The predicted octanol–water partition coefficient (Wildman–Crippen LogP) is 3.04. The molecule has 1 aliphatic heterocycles. The molecule has 42 heavy (non-hydrogen) atoms. The van der Waals surface area contributed by atoms with E-state index >= 15 is 0 Å². The lowest BCUT2D eigenvalue weighted by Gasteiger charge is -2.15. The summed E-state index contributed by atoms with van der Waals surface area (Å²) in [5.41, 5.74) is 4.45. The van der Waals surface area contributed by atoms with Crippen molar-refractivity contribution in [3.8, 4) is 0 Å². The van der Waals surface area contributed by atoms with E-state index in [2.05, 4.69) is 20.7 Å². The Bertz CT molecular complexity index is 1690. The summed E-state index contributed by atoms with van der Waals surface area (Å²) in [7, 11) is 1.68. The van der Waals surface area contributed by atoms with Crippen molar-refractivity contribution in [1.82, 2.24) is 9.78 Å². The number of carbonyl (C=O) groups is 3. The molecule has 0 fully saturated rings. The summed E-state index contributed by atoms with van der Waals surface area (Å²) in [5, 5.41) is 38.4. The molecule has 5 rings (SSSR count). The summed E-state index contributed by atoms with van der Waals surface area (Å²) in [6, 6.07) is 19.7. The van der Waals surface area contributed by atoms with Crippen molar-refractivity contribution in [3.63, 3.8) is 0 Å². The van der Waals surface area contributed by atoms with Crippen LogP contribution in [0.5, 0.6) is 0 Å². The SMILES string of the molecule is Cc1cc(C(=O)Nc2cccc(C(=O)c3ccc4c(c3)NC(=O)C4C=Nc3ccc(C(O)C(O)CO)cc3)c2)n(C)n1. The first-order chi connectivity index (χ1) is 20.1. The fourth-order valence-electron chi connectivity index (χ4n) is 4.74. The molecule has 4 aromatic rings. The Labute approximate surface area is 241 Å².